The van der Waals surface area contributed by atoms with Crippen molar-refractivity contribution in [1.29, 1.82) is 0 Å². The van der Waals surface area contributed by atoms with Crippen LogP contribution in [0.3, 0.4) is 0 Å². The van der Waals surface area contributed by atoms with E-state index in [1.807, 2.05) is 59.2 Å². The van der Waals surface area contributed by atoms with Gasteiger partial charge in [0.15, 0.2) is 0 Å². The number of aryl methyl sites for hydroxylation is 1. The molecule has 3 aromatic heterocycles. The fourth-order valence-corrected chi connectivity index (χ4v) is 5.92. The van der Waals surface area contributed by atoms with Crippen LogP contribution in [-0.2, 0) is 12.8 Å². The number of hydrogen-bond acceptors (Lipinski definition) is 4. The normalized spacial score (nSPS) is 13.5. The highest BCUT2D eigenvalue weighted by Crippen LogP contribution is 2.38. The number of benzene rings is 2. The largest absolute Gasteiger partial charge is 0.397 e. The van der Waals surface area contributed by atoms with Crippen molar-refractivity contribution in [3.63, 3.8) is 0 Å². The summed E-state index contributed by atoms with van der Waals surface area (Å²) < 4.78 is 1.89. The summed E-state index contributed by atoms with van der Waals surface area (Å²) in [4.78, 5) is 19.9. The third-order valence-electron chi connectivity index (χ3n) is 6.31. The molecule has 0 saturated carbocycles. The van der Waals surface area contributed by atoms with E-state index < -0.39 is 0 Å². The summed E-state index contributed by atoms with van der Waals surface area (Å²) in [5, 5.41) is 2.69. The maximum Gasteiger partial charge on any atom is 0.274 e. The second kappa shape index (κ2) is 7.47. The molecule has 32 heavy (non-hydrogen) atoms. The number of nitrogens with two attached hydrogens (primary N) is 1. The zero-order valence-electron chi connectivity index (χ0n) is 17.3. The minimum atomic E-state index is -0.0575. The van der Waals surface area contributed by atoms with Gasteiger partial charge in [-0.1, -0.05) is 41.9 Å². The SMILES string of the molecule is Nc1c(C(=O)n2c3c(c4ccccc42)CCCC3)sc2nc(-c3ccc(Cl)cc3)ccc12. The number of halogens is 1. The summed E-state index contributed by atoms with van der Waals surface area (Å²) in [6.45, 7) is 0. The van der Waals surface area contributed by atoms with Gasteiger partial charge in [-0.05, 0) is 61.6 Å². The predicted molar refractivity (Wildman–Crippen MR) is 133 cm³/mol. The Hall–Kier alpha value is -3.15. The minimum absolute atomic E-state index is 0.0575. The third-order valence-corrected chi connectivity index (χ3v) is 7.67. The van der Waals surface area contributed by atoms with Crippen LogP contribution in [0.5, 0.6) is 0 Å². The number of pyridine rings is 1. The molecule has 0 spiro atoms. The molecule has 0 saturated heterocycles. The Morgan fingerprint density at radius 3 is 2.59 bits per heavy atom. The monoisotopic (exact) mass is 457 g/mol. The molecule has 158 valence electrons. The molecule has 0 amide bonds. The van der Waals surface area contributed by atoms with E-state index in [1.54, 1.807) is 0 Å². The van der Waals surface area contributed by atoms with Crippen molar-refractivity contribution >= 4 is 55.7 Å². The first kappa shape index (κ1) is 19.5. The highest BCUT2D eigenvalue weighted by molar-refractivity contribution is 7.21. The van der Waals surface area contributed by atoms with E-state index in [0.717, 1.165) is 58.4 Å². The van der Waals surface area contributed by atoms with Gasteiger partial charge < -0.3 is 5.73 Å². The van der Waals surface area contributed by atoms with E-state index in [4.69, 9.17) is 22.3 Å². The molecule has 6 heteroatoms. The fraction of sp³-hybridized carbons (Fsp3) is 0.154. The number of anilines is 1. The number of nitrogens with zero attached hydrogens (tertiary/aromatic N) is 2. The Balaban J connectivity index is 1.50. The molecule has 5 aromatic rings. The Labute approximate surface area is 194 Å². The fourth-order valence-electron chi connectivity index (χ4n) is 4.77. The average molecular weight is 458 g/mol. The van der Waals surface area contributed by atoms with E-state index in [1.165, 1.54) is 22.3 Å². The van der Waals surface area contributed by atoms with E-state index in [9.17, 15) is 4.79 Å². The highest BCUT2D eigenvalue weighted by atomic mass is 35.5. The smallest absolute Gasteiger partial charge is 0.274 e. The standard InChI is InChI=1S/C26H20ClN3OS/c27-16-11-9-15(10-12-16)20-14-13-19-23(28)24(32-25(19)29-20)26(31)30-21-7-3-1-5-17(21)18-6-2-4-8-22(18)30/h1,3,5,7,9-14H,2,4,6,8,28H2. The molecule has 1 aliphatic carbocycles. The minimum Gasteiger partial charge on any atom is -0.397 e. The molecule has 0 fully saturated rings. The second-order valence-electron chi connectivity index (χ2n) is 8.19. The molecular weight excluding hydrogens is 438 g/mol. The molecule has 0 aliphatic heterocycles. The lowest BCUT2D eigenvalue weighted by Gasteiger charge is -2.14. The number of fused-ring (bicyclic) bond motifs is 4. The molecule has 4 nitrogen and oxygen atoms in total. The van der Waals surface area contributed by atoms with Crippen LogP contribution in [0.25, 0.3) is 32.4 Å². The van der Waals surface area contributed by atoms with Gasteiger partial charge in [0.1, 0.15) is 9.71 Å². The van der Waals surface area contributed by atoms with Crippen LogP contribution in [-0.4, -0.2) is 15.5 Å². The van der Waals surface area contributed by atoms with Gasteiger partial charge >= 0.3 is 0 Å². The van der Waals surface area contributed by atoms with E-state index >= 15 is 0 Å². The lowest BCUT2D eigenvalue weighted by molar-refractivity contribution is 0.0966. The number of rotatable bonds is 2. The number of aromatic nitrogens is 2. The Kier molecular flexibility index (Phi) is 4.56. The van der Waals surface area contributed by atoms with Gasteiger partial charge in [0.05, 0.1) is 16.9 Å². The molecule has 2 aromatic carbocycles. The number of nitrogen functional groups attached to an aromatic ring is 1. The van der Waals surface area contributed by atoms with Gasteiger partial charge in [0.2, 0.25) is 0 Å². The van der Waals surface area contributed by atoms with Crippen LogP contribution in [0.1, 0.15) is 33.8 Å². The zero-order chi connectivity index (χ0) is 21.8. The molecule has 0 radical (unpaired) electrons. The highest BCUT2D eigenvalue weighted by Gasteiger charge is 2.27. The third kappa shape index (κ3) is 2.96. The predicted octanol–water partition coefficient (Wildman–Crippen LogP) is 6.72. The van der Waals surface area contributed by atoms with Crippen LogP contribution < -0.4 is 5.73 Å². The molecular formula is C26H20ClN3OS. The Morgan fingerprint density at radius 1 is 0.969 bits per heavy atom. The van der Waals surface area contributed by atoms with Crippen molar-refractivity contribution < 1.29 is 4.79 Å². The zero-order valence-corrected chi connectivity index (χ0v) is 18.8. The number of hydrogen-bond donors (Lipinski definition) is 1. The number of thiophene rings is 1. The van der Waals surface area contributed by atoms with Gasteiger partial charge in [0, 0.05) is 27.1 Å². The molecule has 2 N–H and O–H groups in total. The number of carbonyl (C=O) groups is 1. The molecule has 0 atom stereocenters. The molecule has 0 unspecified atom stereocenters. The lowest BCUT2D eigenvalue weighted by atomic mass is 9.95. The maximum absolute atomic E-state index is 13.8. The Bertz CT molecular complexity index is 1510. The molecule has 6 rings (SSSR count). The van der Waals surface area contributed by atoms with E-state index in [2.05, 4.69) is 6.07 Å². The topological polar surface area (TPSA) is 60.9 Å². The summed E-state index contributed by atoms with van der Waals surface area (Å²) >= 11 is 7.39. The molecule has 3 heterocycles. The van der Waals surface area contributed by atoms with Crippen LogP contribution >= 0.6 is 22.9 Å². The van der Waals surface area contributed by atoms with Crippen LogP contribution in [0.15, 0.2) is 60.7 Å². The van der Waals surface area contributed by atoms with Gasteiger partial charge in [-0.15, -0.1) is 11.3 Å². The quantitative estimate of drug-likeness (QED) is 0.320. The second-order valence-corrected chi connectivity index (χ2v) is 9.63. The van der Waals surface area contributed by atoms with E-state index in [-0.39, 0.29) is 5.91 Å². The molecule has 1 aliphatic rings. The number of carbonyl (C=O) groups excluding carboxylic acids is 1. The van der Waals surface area contributed by atoms with Crippen LogP contribution in [0.4, 0.5) is 5.69 Å². The first-order valence-corrected chi connectivity index (χ1v) is 11.9. The van der Waals surface area contributed by atoms with Crippen molar-refractivity contribution in [2.45, 2.75) is 25.7 Å². The van der Waals surface area contributed by atoms with Crippen molar-refractivity contribution in [2.75, 3.05) is 5.73 Å². The summed E-state index contributed by atoms with van der Waals surface area (Å²) in [7, 11) is 0. The number of para-hydroxylation sites is 1. The van der Waals surface area contributed by atoms with Crippen molar-refractivity contribution in [3.8, 4) is 11.3 Å². The van der Waals surface area contributed by atoms with E-state index in [0.29, 0.717) is 15.6 Å². The Morgan fingerprint density at radius 2 is 1.75 bits per heavy atom. The summed E-state index contributed by atoms with van der Waals surface area (Å²) in [5.74, 6) is -0.0575. The van der Waals surface area contributed by atoms with Crippen molar-refractivity contribution in [3.05, 3.63) is 81.8 Å². The van der Waals surface area contributed by atoms with Crippen LogP contribution in [0, 0.1) is 0 Å². The molecule has 0 bridgehead atoms. The maximum atomic E-state index is 13.8. The van der Waals surface area contributed by atoms with Gasteiger partial charge in [-0.2, -0.15) is 0 Å². The summed E-state index contributed by atoms with van der Waals surface area (Å²) in [6.07, 6.45) is 4.20. The van der Waals surface area contributed by atoms with Crippen LogP contribution in [0.2, 0.25) is 5.02 Å². The summed E-state index contributed by atoms with van der Waals surface area (Å²) in [5.41, 5.74) is 12.2. The summed E-state index contributed by atoms with van der Waals surface area (Å²) in [6, 6.07) is 19.7. The first-order valence-electron chi connectivity index (χ1n) is 10.7. The van der Waals surface area contributed by atoms with Crippen molar-refractivity contribution in [1.82, 2.24) is 9.55 Å². The van der Waals surface area contributed by atoms with Crippen molar-refractivity contribution in [2.24, 2.45) is 0 Å². The average Bonchev–Trinajstić information content (AvgIpc) is 3.34. The lowest BCUT2D eigenvalue weighted by Crippen LogP contribution is -2.17. The van der Waals surface area contributed by atoms with Gasteiger partial charge in [-0.3, -0.25) is 9.36 Å². The van der Waals surface area contributed by atoms with Gasteiger partial charge in [-0.25, -0.2) is 4.98 Å². The van der Waals surface area contributed by atoms with Gasteiger partial charge in [0.25, 0.3) is 5.91 Å². The first-order chi connectivity index (χ1) is 15.6.